The molecule has 0 atom stereocenters. The van der Waals surface area contributed by atoms with Crippen molar-refractivity contribution in [2.24, 2.45) is 28.7 Å². The molecule has 0 aromatic heterocycles. The van der Waals surface area contributed by atoms with Gasteiger partial charge in [-0.1, -0.05) is 0 Å². The number of carboxylic acids is 1. The van der Waals surface area contributed by atoms with Gasteiger partial charge in [-0.25, -0.2) is 9.59 Å². The van der Waals surface area contributed by atoms with E-state index in [1.165, 1.54) is 0 Å². The molecule has 0 aliphatic heterocycles. The summed E-state index contributed by atoms with van der Waals surface area (Å²) in [6.07, 6.45) is -0.567. The normalized spacial score (nSPS) is 9.57. The van der Waals surface area contributed by atoms with Crippen molar-refractivity contribution in [2.45, 2.75) is 12.1 Å². The number of aliphatic carboxylic acids is 1. The standard InChI is InChI=1S/C4H9N3O3.CH4N2O/c5-2(8)1-4(6,7)3(9)10;2-1(3)4/h1,6-7H2,(H2,5,8)(H,9,10);(H4,2,3,4). The van der Waals surface area contributed by atoms with Gasteiger partial charge < -0.3 is 33.8 Å². The van der Waals surface area contributed by atoms with Crippen LogP contribution in [-0.2, 0) is 9.59 Å². The van der Waals surface area contributed by atoms with Gasteiger partial charge in [-0.15, -0.1) is 0 Å². The van der Waals surface area contributed by atoms with Crippen molar-refractivity contribution in [2.75, 3.05) is 0 Å². The lowest BCUT2D eigenvalue weighted by Gasteiger charge is -2.15. The molecule has 0 unspecified atom stereocenters. The van der Waals surface area contributed by atoms with E-state index in [0.717, 1.165) is 0 Å². The van der Waals surface area contributed by atoms with Crippen LogP contribution < -0.4 is 28.7 Å². The second-order valence-corrected chi connectivity index (χ2v) is 2.39. The lowest BCUT2D eigenvalue weighted by Crippen LogP contribution is -2.58. The van der Waals surface area contributed by atoms with Crippen molar-refractivity contribution < 1.29 is 19.5 Å². The number of urea groups is 1. The summed E-state index contributed by atoms with van der Waals surface area (Å²) >= 11 is 0. The number of primary amides is 3. The predicted molar refractivity (Wildman–Crippen MR) is 46.3 cm³/mol. The van der Waals surface area contributed by atoms with E-state index in [0.29, 0.717) is 0 Å². The third kappa shape index (κ3) is 10.1. The molecule has 0 fully saturated rings. The molecule has 0 saturated heterocycles. The molecule has 0 saturated carbocycles. The summed E-state index contributed by atoms with van der Waals surface area (Å²) in [5.41, 5.74) is 21.0. The number of hydrogen-bond acceptors (Lipinski definition) is 5. The third-order valence-electron chi connectivity index (χ3n) is 0.865. The van der Waals surface area contributed by atoms with Crippen LogP contribution in [0.2, 0.25) is 0 Å². The van der Waals surface area contributed by atoms with Gasteiger partial charge in [0.2, 0.25) is 5.91 Å². The number of carbonyl (C=O) groups is 3. The average molecular weight is 207 g/mol. The van der Waals surface area contributed by atoms with Gasteiger partial charge in [0.1, 0.15) is 0 Å². The van der Waals surface area contributed by atoms with Crippen molar-refractivity contribution in [1.29, 1.82) is 0 Å². The van der Waals surface area contributed by atoms with Gasteiger partial charge in [0.15, 0.2) is 5.66 Å². The number of hydrogen-bond donors (Lipinski definition) is 6. The first-order valence-corrected chi connectivity index (χ1v) is 3.24. The quantitative estimate of drug-likeness (QED) is 0.260. The van der Waals surface area contributed by atoms with E-state index in [-0.39, 0.29) is 0 Å². The van der Waals surface area contributed by atoms with Crippen molar-refractivity contribution in [3.8, 4) is 0 Å². The molecule has 9 heteroatoms. The zero-order chi connectivity index (χ0) is 11.9. The van der Waals surface area contributed by atoms with E-state index in [4.69, 9.17) is 21.4 Å². The molecule has 14 heavy (non-hydrogen) atoms. The van der Waals surface area contributed by atoms with E-state index in [1.807, 2.05) is 0 Å². The lowest BCUT2D eigenvalue weighted by atomic mass is 10.1. The fourth-order valence-electron chi connectivity index (χ4n) is 0.364. The first-order valence-electron chi connectivity index (χ1n) is 3.24. The molecule has 0 aromatic carbocycles. The lowest BCUT2D eigenvalue weighted by molar-refractivity contribution is -0.145. The van der Waals surface area contributed by atoms with Crippen molar-refractivity contribution in [3.63, 3.8) is 0 Å². The van der Waals surface area contributed by atoms with Gasteiger partial charge in [-0.2, -0.15) is 0 Å². The zero-order valence-corrected chi connectivity index (χ0v) is 7.27. The largest absolute Gasteiger partial charge is 0.479 e. The van der Waals surface area contributed by atoms with Crippen molar-refractivity contribution >= 4 is 17.9 Å². The smallest absolute Gasteiger partial charge is 0.339 e. The Bertz CT molecular complexity index is 234. The Morgan fingerprint density at radius 3 is 1.43 bits per heavy atom. The zero-order valence-electron chi connectivity index (χ0n) is 7.27. The number of nitrogens with two attached hydrogens (primary N) is 5. The topological polar surface area (TPSA) is 202 Å². The fraction of sp³-hybridized carbons (Fsp3) is 0.400. The molecule has 0 radical (unpaired) electrons. The van der Waals surface area contributed by atoms with Crippen LogP contribution in [0.3, 0.4) is 0 Å². The Kier molecular flexibility index (Phi) is 5.98. The van der Waals surface area contributed by atoms with E-state index in [2.05, 4.69) is 17.2 Å². The van der Waals surface area contributed by atoms with Crippen LogP contribution in [0.4, 0.5) is 4.79 Å². The molecule has 11 N–H and O–H groups in total. The summed E-state index contributed by atoms with van der Waals surface area (Å²) in [6.45, 7) is 0. The van der Waals surface area contributed by atoms with Crippen molar-refractivity contribution in [3.05, 3.63) is 0 Å². The summed E-state index contributed by atoms with van der Waals surface area (Å²) < 4.78 is 0. The Labute approximate surface area is 79.2 Å². The average Bonchev–Trinajstić information content (AvgIpc) is 1.81. The molecule has 0 aliphatic rings. The fourth-order valence-corrected chi connectivity index (χ4v) is 0.364. The van der Waals surface area contributed by atoms with Crippen LogP contribution in [0.5, 0.6) is 0 Å². The summed E-state index contributed by atoms with van der Waals surface area (Å²) in [5, 5.41) is 8.23. The van der Waals surface area contributed by atoms with Gasteiger partial charge in [0.05, 0.1) is 6.42 Å². The third-order valence-corrected chi connectivity index (χ3v) is 0.865. The van der Waals surface area contributed by atoms with Gasteiger partial charge in [0.25, 0.3) is 0 Å². The first kappa shape index (κ1) is 14.6. The monoisotopic (exact) mass is 207 g/mol. The number of rotatable bonds is 3. The first-order chi connectivity index (χ1) is 6.09. The highest BCUT2D eigenvalue weighted by Gasteiger charge is 2.30. The second-order valence-electron chi connectivity index (χ2n) is 2.39. The minimum Gasteiger partial charge on any atom is -0.479 e. The van der Waals surface area contributed by atoms with Crippen LogP contribution >= 0.6 is 0 Å². The summed E-state index contributed by atoms with van der Waals surface area (Å²) in [5.74, 6) is -2.29. The van der Waals surface area contributed by atoms with Crippen LogP contribution in [0.15, 0.2) is 0 Å². The van der Waals surface area contributed by atoms with Crippen molar-refractivity contribution in [1.82, 2.24) is 0 Å². The second kappa shape index (κ2) is 5.72. The maximum Gasteiger partial charge on any atom is 0.339 e. The molecule has 0 aromatic rings. The molecular formula is C5H13N5O4. The highest BCUT2D eigenvalue weighted by molar-refractivity contribution is 5.86. The summed E-state index contributed by atoms with van der Waals surface area (Å²) in [4.78, 5) is 29.2. The highest BCUT2D eigenvalue weighted by atomic mass is 16.4. The Morgan fingerprint density at radius 2 is 1.36 bits per heavy atom. The maximum atomic E-state index is 10.1. The molecule has 0 rings (SSSR count). The number of carboxylic acid groups (broad SMARTS) is 1. The van der Waals surface area contributed by atoms with Gasteiger partial charge >= 0.3 is 12.0 Å². The number of carbonyl (C=O) groups excluding carboxylic acids is 2. The molecule has 82 valence electrons. The van der Waals surface area contributed by atoms with Crippen LogP contribution in [0, 0.1) is 0 Å². The van der Waals surface area contributed by atoms with E-state index >= 15 is 0 Å². The maximum absolute atomic E-state index is 10.1. The van der Waals surface area contributed by atoms with Gasteiger partial charge in [-0.05, 0) is 0 Å². The Hall–Kier alpha value is -1.87. The highest BCUT2D eigenvalue weighted by Crippen LogP contribution is 1.95. The molecular weight excluding hydrogens is 194 g/mol. The molecule has 0 aliphatic carbocycles. The number of amides is 3. The Balaban J connectivity index is 0. The summed E-state index contributed by atoms with van der Waals surface area (Å²) in [6, 6.07) is -0.833. The molecule has 0 spiro atoms. The van der Waals surface area contributed by atoms with E-state index in [1.54, 1.807) is 0 Å². The minimum atomic E-state index is -2.04. The Morgan fingerprint density at radius 1 is 1.07 bits per heavy atom. The molecule has 0 heterocycles. The minimum absolute atomic E-state index is 0.567. The van der Waals surface area contributed by atoms with Crippen LogP contribution in [0.1, 0.15) is 6.42 Å². The van der Waals surface area contributed by atoms with Crippen LogP contribution in [0.25, 0.3) is 0 Å². The SMILES string of the molecule is NC(=O)CC(N)(N)C(=O)O.NC(N)=O. The molecule has 3 amide bonds. The molecule has 9 nitrogen and oxygen atoms in total. The van der Waals surface area contributed by atoms with Crippen LogP contribution in [-0.4, -0.2) is 28.7 Å². The van der Waals surface area contributed by atoms with E-state index in [9.17, 15) is 9.59 Å². The van der Waals surface area contributed by atoms with E-state index < -0.39 is 30.0 Å². The van der Waals surface area contributed by atoms with Gasteiger partial charge in [-0.3, -0.25) is 4.79 Å². The van der Waals surface area contributed by atoms with Gasteiger partial charge in [0, 0.05) is 0 Å². The predicted octanol–water partition coefficient (Wildman–Crippen LogP) is -3.42. The summed E-state index contributed by atoms with van der Waals surface area (Å²) in [7, 11) is 0. The molecule has 0 bridgehead atoms.